The van der Waals surface area contributed by atoms with E-state index in [9.17, 15) is 9.59 Å². The van der Waals surface area contributed by atoms with Crippen LogP contribution in [0.1, 0.15) is 19.3 Å². The third-order valence-corrected chi connectivity index (χ3v) is 4.92. The number of anilines is 1. The summed E-state index contributed by atoms with van der Waals surface area (Å²) in [5.41, 5.74) is 1.22. The van der Waals surface area contributed by atoms with E-state index in [4.69, 9.17) is 4.74 Å². The van der Waals surface area contributed by atoms with E-state index in [-0.39, 0.29) is 17.7 Å². The molecule has 136 valence electrons. The monoisotopic (exact) mass is 345 g/mol. The van der Waals surface area contributed by atoms with Gasteiger partial charge in [-0.3, -0.25) is 9.59 Å². The average molecular weight is 345 g/mol. The van der Waals surface area contributed by atoms with Crippen LogP contribution in [-0.4, -0.2) is 62.7 Å². The van der Waals surface area contributed by atoms with Crippen molar-refractivity contribution in [1.29, 1.82) is 0 Å². The molecule has 1 atom stereocenters. The maximum absolute atomic E-state index is 12.3. The SMILES string of the molecule is O=C(NCCCC(=O)N1CCN(c2ccccc2)CC1)[C@@H]1CCOC1. The topological polar surface area (TPSA) is 61.9 Å². The molecule has 2 saturated heterocycles. The molecule has 1 aromatic carbocycles. The predicted molar refractivity (Wildman–Crippen MR) is 96.4 cm³/mol. The van der Waals surface area contributed by atoms with Crippen molar-refractivity contribution >= 4 is 17.5 Å². The highest BCUT2D eigenvalue weighted by molar-refractivity contribution is 5.79. The van der Waals surface area contributed by atoms with Gasteiger partial charge in [0.2, 0.25) is 11.8 Å². The molecule has 0 unspecified atom stereocenters. The van der Waals surface area contributed by atoms with Crippen molar-refractivity contribution in [3.63, 3.8) is 0 Å². The first-order valence-electron chi connectivity index (χ1n) is 9.17. The minimum Gasteiger partial charge on any atom is -0.381 e. The number of ether oxygens (including phenoxy) is 1. The number of hydrogen-bond donors (Lipinski definition) is 1. The second-order valence-electron chi connectivity index (χ2n) is 6.66. The molecule has 2 aliphatic heterocycles. The summed E-state index contributed by atoms with van der Waals surface area (Å²) in [5, 5.41) is 2.91. The van der Waals surface area contributed by atoms with Crippen molar-refractivity contribution in [2.45, 2.75) is 19.3 Å². The fourth-order valence-corrected chi connectivity index (χ4v) is 3.35. The van der Waals surface area contributed by atoms with E-state index in [1.54, 1.807) is 0 Å². The van der Waals surface area contributed by atoms with Crippen molar-refractivity contribution in [3.05, 3.63) is 30.3 Å². The van der Waals surface area contributed by atoms with Gasteiger partial charge >= 0.3 is 0 Å². The Bertz CT molecular complexity index is 565. The zero-order valence-electron chi connectivity index (χ0n) is 14.7. The van der Waals surface area contributed by atoms with Gasteiger partial charge in [0.25, 0.3) is 0 Å². The fraction of sp³-hybridized carbons (Fsp3) is 0.579. The van der Waals surface area contributed by atoms with Crippen LogP contribution in [0.15, 0.2) is 30.3 Å². The van der Waals surface area contributed by atoms with Crippen molar-refractivity contribution in [3.8, 4) is 0 Å². The molecule has 0 aliphatic carbocycles. The summed E-state index contributed by atoms with van der Waals surface area (Å²) in [5.74, 6) is 0.231. The minimum atomic E-state index is -0.0123. The van der Waals surface area contributed by atoms with Crippen LogP contribution in [0.2, 0.25) is 0 Å². The highest BCUT2D eigenvalue weighted by Crippen LogP contribution is 2.16. The van der Waals surface area contributed by atoms with Crippen LogP contribution in [-0.2, 0) is 14.3 Å². The van der Waals surface area contributed by atoms with Crippen LogP contribution in [0.5, 0.6) is 0 Å². The Balaban J connectivity index is 1.32. The van der Waals surface area contributed by atoms with E-state index in [1.807, 2.05) is 23.1 Å². The van der Waals surface area contributed by atoms with E-state index < -0.39 is 0 Å². The molecule has 25 heavy (non-hydrogen) atoms. The number of nitrogens with one attached hydrogen (secondary N) is 1. The molecule has 0 bridgehead atoms. The number of rotatable bonds is 6. The molecule has 0 aromatic heterocycles. The van der Waals surface area contributed by atoms with Gasteiger partial charge in [-0.15, -0.1) is 0 Å². The Kier molecular flexibility index (Phi) is 6.28. The van der Waals surface area contributed by atoms with Crippen molar-refractivity contribution in [2.24, 2.45) is 5.92 Å². The Hall–Kier alpha value is -2.08. The zero-order chi connectivity index (χ0) is 17.5. The first-order chi connectivity index (χ1) is 12.2. The number of amides is 2. The molecular weight excluding hydrogens is 318 g/mol. The number of piperazine rings is 1. The van der Waals surface area contributed by atoms with Gasteiger partial charge in [-0.1, -0.05) is 18.2 Å². The minimum absolute atomic E-state index is 0.0123. The van der Waals surface area contributed by atoms with Crippen molar-refractivity contribution in [1.82, 2.24) is 10.2 Å². The van der Waals surface area contributed by atoms with Gasteiger partial charge < -0.3 is 19.9 Å². The fourth-order valence-electron chi connectivity index (χ4n) is 3.35. The van der Waals surface area contributed by atoms with Crippen LogP contribution in [0.4, 0.5) is 5.69 Å². The zero-order valence-corrected chi connectivity index (χ0v) is 14.7. The lowest BCUT2D eigenvalue weighted by molar-refractivity contribution is -0.132. The Labute approximate surface area is 149 Å². The smallest absolute Gasteiger partial charge is 0.225 e. The lowest BCUT2D eigenvalue weighted by Gasteiger charge is -2.36. The molecule has 0 spiro atoms. The number of hydrogen-bond acceptors (Lipinski definition) is 4. The molecule has 0 saturated carbocycles. The maximum atomic E-state index is 12.3. The van der Waals surface area contributed by atoms with Crippen molar-refractivity contribution < 1.29 is 14.3 Å². The first-order valence-corrected chi connectivity index (χ1v) is 9.17. The molecule has 1 N–H and O–H groups in total. The predicted octanol–water partition coefficient (Wildman–Crippen LogP) is 1.27. The van der Waals surface area contributed by atoms with E-state index >= 15 is 0 Å². The second-order valence-corrected chi connectivity index (χ2v) is 6.66. The normalized spacial score (nSPS) is 20.6. The summed E-state index contributed by atoms with van der Waals surface area (Å²) in [7, 11) is 0. The van der Waals surface area contributed by atoms with Crippen LogP contribution in [0.25, 0.3) is 0 Å². The van der Waals surface area contributed by atoms with Gasteiger partial charge in [0.1, 0.15) is 0 Å². The molecule has 0 radical (unpaired) electrons. The Morgan fingerprint density at radius 2 is 1.88 bits per heavy atom. The summed E-state index contributed by atoms with van der Waals surface area (Å²) in [6.07, 6.45) is 1.99. The molecule has 2 heterocycles. The standard InChI is InChI=1S/C19H27N3O3/c23-18(7-4-9-20-19(24)16-8-14-25-15-16)22-12-10-21(11-13-22)17-5-2-1-3-6-17/h1-3,5-6,16H,4,7-15H2,(H,20,24)/t16-/m1/s1. The van der Waals surface area contributed by atoms with Gasteiger partial charge in [-0.05, 0) is 25.0 Å². The number of benzene rings is 1. The number of para-hydroxylation sites is 1. The summed E-state index contributed by atoms with van der Waals surface area (Å²) >= 11 is 0. The molecule has 2 aliphatic rings. The highest BCUT2D eigenvalue weighted by atomic mass is 16.5. The number of carbonyl (C=O) groups excluding carboxylic acids is 2. The lowest BCUT2D eigenvalue weighted by Crippen LogP contribution is -2.48. The number of nitrogens with zero attached hydrogens (tertiary/aromatic N) is 2. The van der Waals surface area contributed by atoms with E-state index in [2.05, 4.69) is 22.3 Å². The third-order valence-electron chi connectivity index (χ3n) is 4.92. The molecule has 2 amide bonds. The van der Waals surface area contributed by atoms with Crippen LogP contribution in [0.3, 0.4) is 0 Å². The van der Waals surface area contributed by atoms with Gasteiger partial charge in [0.05, 0.1) is 12.5 Å². The Morgan fingerprint density at radius 1 is 1.12 bits per heavy atom. The van der Waals surface area contributed by atoms with E-state index in [0.29, 0.717) is 32.6 Å². The van der Waals surface area contributed by atoms with Gasteiger partial charge in [0.15, 0.2) is 0 Å². The molecule has 2 fully saturated rings. The van der Waals surface area contributed by atoms with Gasteiger partial charge in [0, 0.05) is 51.4 Å². The molecule has 6 nitrogen and oxygen atoms in total. The van der Waals surface area contributed by atoms with Gasteiger partial charge in [-0.2, -0.15) is 0 Å². The third kappa shape index (κ3) is 4.95. The summed E-state index contributed by atoms with van der Waals surface area (Å²) in [6.45, 7) is 5.02. The summed E-state index contributed by atoms with van der Waals surface area (Å²) in [6, 6.07) is 10.3. The second kappa shape index (κ2) is 8.85. The van der Waals surface area contributed by atoms with E-state index in [1.165, 1.54) is 5.69 Å². The maximum Gasteiger partial charge on any atom is 0.225 e. The highest BCUT2D eigenvalue weighted by Gasteiger charge is 2.23. The largest absolute Gasteiger partial charge is 0.381 e. The Morgan fingerprint density at radius 3 is 2.56 bits per heavy atom. The molecule has 1 aromatic rings. The molecule has 6 heteroatoms. The number of carbonyl (C=O) groups is 2. The quantitative estimate of drug-likeness (QED) is 0.789. The van der Waals surface area contributed by atoms with Gasteiger partial charge in [-0.25, -0.2) is 0 Å². The van der Waals surface area contributed by atoms with Crippen LogP contribution in [0, 0.1) is 5.92 Å². The van der Waals surface area contributed by atoms with E-state index in [0.717, 1.165) is 32.6 Å². The lowest BCUT2D eigenvalue weighted by atomic mass is 10.1. The summed E-state index contributed by atoms with van der Waals surface area (Å²) in [4.78, 5) is 28.4. The molecule has 3 rings (SSSR count). The summed E-state index contributed by atoms with van der Waals surface area (Å²) < 4.78 is 5.22. The van der Waals surface area contributed by atoms with Crippen molar-refractivity contribution in [2.75, 3.05) is 50.8 Å². The average Bonchev–Trinajstić information content (AvgIpc) is 3.21. The first kappa shape index (κ1) is 17.7. The molecular formula is C19H27N3O3. The van der Waals surface area contributed by atoms with Crippen LogP contribution >= 0.6 is 0 Å². The van der Waals surface area contributed by atoms with Crippen LogP contribution < -0.4 is 10.2 Å².